The van der Waals surface area contributed by atoms with Crippen molar-refractivity contribution in [2.45, 2.75) is 20.4 Å². The van der Waals surface area contributed by atoms with Crippen molar-refractivity contribution in [3.8, 4) is 0 Å². The number of aliphatic carboxylic acids is 2. The van der Waals surface area contributed by atoms with Crippen molar-refractivity contribution in [1.82, 2.24) is 9.88 Å². The second kappa shape index (κ2) is 13.6. The van der Waals surface area contributed by atoms with Gasteiger partial charge >= 0.3 is 11.9 Å². The molecule has 0 radical (unpaired) electrons. The first-order valence-corrected chi connectivity index (χ1v) is 11.7. The van der Waals surface area contributed by atoms with Gasteiger partial charge in [0.25, 0.3) is 0 Å². The van der Waals surface area contributed by atoms with E-state index >= 15 is 0 Å². The van der Waals surface area contributed by atoms with Crippen LogP contribution >= 0.6 is 22.9 Å². The Kier molecular flexibility index (Phi) is 10.8. The molecule has 0 saturated heterocycles. The maximum absolute atomic E-state index is 9.55. The summed E-state index contributed by atoms with van der Waals surface area (Å²) in [5.74, 6) is -2.51. The maximum atomic E-state index is 9.55. The van der Waals surface area contributed by atoms with Crippen LogP contribution in [0.25, 0.3) is 10.2 Å². The Balaban J connectivity index is 0.000000414. The van der Waals surface area contributed by atoms with Gasteiger partial charge in [0.05, 0.1) is 10.2 Å². The Morgan fingerprint density at radius 3 is 2.21 bits per heavy atom. The molecule has 9 heteroatoms. The van der Waals surface area contributed by atoms with Crippen LogP contribution in [0, 0.1) is 0 Å². The third-order valence-corrected chi connectivity index (χ3v) is 6.09. The molecule has 0 aliphatic heterocycles. The zero-order chi connectivity index (χ0) is 24.2. The van der Waals surface area contributed by atoms with Crippen LogP contribution in [-0.4, -0.2) is 58.2 Å². The largest absolute Gasteiger partial charge is 0.478 e. The summed E-state index contributed by atoms with van der Waals surface area (Å²) in [5.41, 5.74) is 2.32. The van der Waals surface area contributed by atoms with Crippen LogP contribution in [0.15, 0.2) is 60.7 Å². The standard InChI is InChI=1S/C20H24ClN3S.C4H4O4/c1-3-23(4-2)12-13-24(15-16-8-6-5-7-9-16)20-22-18-11-10-17(21)14-19(18)25-20;5-3(6)1-2-4(7)8/h5-11,14H,3-4,12-13,15H2,1-2H3;1-2H,(H,5,6)(H,7,8)/b;2-1+. The molecule has 3 aromatic rings. The predicted molar refractivity (Wildman–Crippen MR) is 134 cm³/mol. The molecular weight excluding hydrogens is 462 g/mol. The summed E-state index contributed by atoms with van der Waals surface area (Å²) in [6.07, 6.45) is 1.12. The number of nitrogens with zero attached hydrogens (tertiary/aromatic N) is 3. The molecule has 0 fully saturated rings. The number of thiazole rings is 1. The van der Waals surface area contributed by atoms with E-state index in [4.69, 9.17) is 26.8 Å². The highest BCUT2D eigenvalue weighted by Gasteiger charge is 2.14. The molecule has 33 heavy (non-hydrogen) atoms. The van der Waals surface area contributed by atoms with Crippen LogP contribution in [0.3, 0.4) is 0 Å². The molecule has 0 saturated carbocycles. The van der Waals surface area contributed by atoms with E-state index in [1.807, 2.05) is 18.2 Å². The van der Waals surface area contributed by atoms with Gasteiger partial charge in [0.15, 0.2) is 5.13 Å². The number of rotatable bonds is 10. The predicted octanol–water partition coefficient (Wildman–Crippen LogP) is 5.01. The Hall–Kier alpha value is -2.94. The number of likely N-dealkylation sites (N-methyl/N-ethyl adjacent to an activating group) is 1. The third kappa shape index (κ3) is 9.21. The molecule has 0 unspecified atom stereocenters. The summed E-state index contributed by atoms with van der Waals surface area (Å²) in [4.78, 5) is 28.8. The number of hydrogen-bond donors (Lipinski definition) is 2. The lowest BCUT2D eigenvalue weighted by atomic mass is 10.2. The van der Waals surface area contributed by atoms with E-state index < -0.39 is 11.9 Å². The molecule has 0 aliphatic carbocycles. The minimum atomic E-state index is -1.26. The average Bonchev–Trinajstić information content (AvgIpc) is 3.21. The van der Waals surface area contributed by atoms with Crippen molar-refractivity contribution in [1.29, 1.82) is 0 Å². The van der Waals surface area contributed by atoms with E-state index in [1.54, 1.807) is 11.3 Å². The molecule has 176 valence electrons. The Bertz CT molecular complexity index is 1050. The summed E-state index contributed by atoms with van der Waals surface area (Å²) < 4.78 is 1.14. The van der Waals surface area contributed by atoms with Gasteiger partial charge in [-0.1, -0.05) is 67.1 Å². The zero-order valence-electron chi connectivity index (χ0n) is 18.6. The summed E-state index contributed by atoms with van der Waals surface area (Å²) in [6, 6.07) is 16.5. The Labute approximate surface area is 202 Å². The van der Waals surface area contributed by atoms with Gasteiger partial charge in [-0.05, 0) is 36.9 Å². The maximum Gasteiger partial charge on any atom is 0.328 e. The fourth-order valence-electron chi connectivity index (χ4n) is 3.01. The summed E-state index contributed by atoms with van der Waals surface area (Å²) >= 11 is 7.85. The molecule has 1 aromatic heterocycles. The number of carboxylic acids is 2. The van der Waals surface area contributed by atoms with Crippen molar-refractivity contribution in [3.63, 3.8) is 0 Å². The Morgan fingerprint density at radius 1 is 1.00 bits per heavy atom. The van der Waals surface area contributed by atoms with E-state index in [1.165, 1.54) is 5.56 Å². The lowest BCUT2D eigenvalue weighted by Gasteiger charge is -2.26. The van der Waals surface area contributed by atoms with Gasteiger partial charge in [-0.2, -0.15) is 0 Å². The van der Waals surface area contributed by atoms with E-state index in [9.17, 15) is 9.59 Å². The van der Waals surface area contributed by atoms with Crippen molar-refractivity contribution >= 4 is 50.2 Å². The third-order valence-electron chi connectivity index (χ3n) is 4.78. The SMILES string of the molecule is CCN(CC)CCN(Cc1ccccc1)c1nc2ccc(Cl)cc2s1.O=C(O)/C=C/C(=O)O. The van der Waals surface area contributed by atoms with Crippen LogP contribution in [0.4, 0.5) is 5.13 Å². The highest BCUT2D eigenvalue weighted by atomic mass is 35.5. The van der Waals surface area contributed by atoms with Crippen molar-refractivity contribution in [2.24, 2.45) is 0 Å². The minimum Gasteiger partial charge on any atom is -0.478 e. The zero-order valence-corrected chi connectivity index (χ0v) is 20.2. The monoisotopic (exact) mass is 489 g/mol. The number of anilines is 1. The lowest BCUT2D eigenvalue weighted by Crippen LogP contribution is -2.34. The molecular formula is C24H28ClN3O4S. The van der Waals surface area contributed by atoms with Gasteiger partial charge in [-0.15, -0.1) is 0 Å². The lowest BCUT2D eigenvalue weighted by molar-refractivity contribution is -0.134. The molecule has 7 nitrogen and oxygen atoms in total. The number of carboxylic acid groups (broad SMARTS) is 2. The highest BCUT2D eigenvalue weighted by molar-refractivity contribution is 7.22. The van der Waals surface area contributed by atoms with Gasteiger partial charge < -0.3 is 20.0 Å². The highest BCUT2D eigenvalue weighted by Crippen LogP contribution is 2.31. The number of aromatic nitrogens is 1. The molecule has 1 heterocycles. The normalized spacial score (nSPS) is 10.9. The number of benzene rings is 2. The van der Waals surface area contributed by atoms with Gasteiger partial charge in [-0.25, -0.2) is 14.6 Å². The topological polar surface area (TPSA) is 94.0 Å². The van der Waals surface area contributed by atoms with Crippen molar-refractivity contribution < 1.29 is 19.8 Å². The molecule has 3 rings (SSSR count). The van der Waals surface area contributed by atoms with Gasteiger partial charge in [0, 0.05) is 36.8 Å². The molecule has 0 bridgehead atoms. The smallest absolute Gasteiger partial charge is 0.328 e. The second-order valence-corrected chi connectivity index (χ2v) is 8.50. The molecule has 2 N–H and O–H groups in total. The number of halogens is 1. The minimum absolute atomic E-state index is 0.558. The summed E-state index contributed by atoms with van der Waals surface area (Å²) in [5, 5.41) is 17.5. The van der Waals surface area contributed by atoms with E-state index in [2.05, 4.69) is 54.0 Å². The molecule has 0 aliphatic rings. The first kappa shape index (κ1) is 26.3. The number of fused-ring (bicyclic) bond motifs is 1. The number of hydrogen-bond acceptors (Lipinski definition) is 6. The second-order valence-electron chi connectivity index (χ2n) is 7.05. The first-order valence-electron chi connectivity index (χ1n) is 10.5. The first-order chi connectivity index (χ1) is 15.8. The van der Waals surface area contributed by atoms with E-state index in [0.29, 0.717) is 12.2 Å². The fraction of sp³-hybridized carbons (Fsp3) is 0.292. The summed E-state index contributed by atoms with van der Waals surface area (Å²) in [6.45, 7) is 9.45. The van der Waals surface area contributed by atoms with Crippen molar-refractivity contribution in [3.05, 3.63) is 71.3 Å². The van der Waals surface area contributed by atoms with Crippen LogP contribution in [0.1, 0.15) is 19.4 Å². The van der Waals surface area contributed by atoms with Crippen LogP contribution < -0.4 is 4.90 Å². The van der Waals surface area contributed by atoms with E-state index in [-0.39, 0.29) is 0 Å². The fourth-order valence-corrected chi connectivity index (χ4v) is 4.28. The Morgan fingerprint density at radius 2 is 1.64 bits per heavy atom. The van der Waals surface area contributed by atoms with Crippen molar-refractivity contribution in [2.75, 3.05) is 31.1 Å². The quantitative estimate of drug-likeness (QED) is 0.386. The van der Waals surface area contributed by atoms with Gasteiger partial charge in [0.1, 0.15) is 0 Å². The van der Waals surface area contributed by atoms with Crippen LogP contribution in [-0.2, 0) is 16.1 Å². The molecule has 2 aromatic carbocycles. The van der Waals surface area contributed by atoms with Gasteiger partial charge in [-0.3, -0.25) is 0 Å². The molecule has 0 spiro atoms. The summed E-state index contributed by atoms with van der Waals surface area (Å²) in [7, 11) is 0. The average molecular weight is 490 g/mol. The van der Waals surface area contributed by atoms with Crippen LogP contribution in [0.5, 0.6) is 0 Å². The van der Waals surface area contributed by atoms with Crippen LogP contribution in [0.2, 0.25) is 5.02 Å². The molecule has 0 atom stereocenters. The van der Waals surface area contributed by atoms with E-state index in [0.717, 1.165) is 53.1 Å². The van der Waals surface area contributed by atoms with Gasteiger partial charge in [0.2, 0.25) is 0 Å². The molecule has 0 amide bonds. The number of carbonyl (C=O) groups is 2.